The third kappa shape index (κ3) is 4.84. The molecule has 0 aliphatic carbocycles. The summed E-state index contributed by atoms with van der Waals surface area (Å²) in [6.07, 6.45) is 0.402. The second kappa shape index (κ2) is 8.35. The Labute approximate surface area is 156 Å². The van der Waals surface area contributed by atoms with E-state index in [1.807, 2.05) is 54.6 Å². The number of amides is 1. The van der Waals surface area contributed by atoms with Crippen LogP contribution >= 0.6 is 0 Å². The van der Waals surface area contributed by atoms with Gasteiger partial charge in [-0.1, -0.05) is 42.5 Å². The average molecular weight is 367 g/mol. The van der Waals surface area contributed by atoms with Gasteiger partial charge in [-0.15, -0.1) is 5.10 Å². The van der Waals surface area contributed by atoms with Crippen molar-refractivity contribution in [1.82, 2.24) is 14.7 Å². The number of nitrogens with zero attached hydrogens (tertiary/aromatic N) is 3. The maximum absolute atomic E-state index is 12.4. The lowest BCUT2D eigenvalue weighted by Crippen LogP contribution is -2.33. The summed E-state index contributed by atoms with van der Waals surface area (Å²) < 4.78 is 11.3. The van der Waals surface area contributed by atoms with Gasteiger partial charge in [0.25, 0.3) is 0 Å². The van der Waals surface area contributed by atoms with Crippen LogP contribution in [-0.2, 0) is 24.3 Å². The number of aromatic nitrogens is 2. The zero-order chi connectivity index (χ0) is 19.2. The van der Waals surface area contributed by atoms with E-state index in [2.05, 4.69) is 5.10 Å². The molecule has 0 aliphatic heterocycles. The maximum atomic E-state index is 12.4. The number of rotatable bonds is 7. The highest BCUT2D eigenvalue weighted by atomic mass is 16.5. The fourth-order valence-corrected chi connectivity index (χ4v) is 2.63. The van der Waals surface area contributed by atoms with E-state index in [0.29, 0.717) is 13.0 Å². The van der Waals surface area contributed by atoms with Crippen LogP contribution in [0, 0.1) is 0 Å². The molecule has 1 heterocycles. The van der Waals surface area contributed by atoms with Crippen LogP contribution in [0.4, 0.5) is 0 Å². The van der Waals surface area contributed by atoms with E-state index in [-0.39, 0.29) is 18.3 Å². The van der Waals surface area contributed by atoms with E-state index in [4.69, 9.17) is 9.15 Å². The Morgan fingerprint density at radius 3 is 2.48 bits per heavy atom. The maximum Gasteiger partial charge on any atom is 0.437 e. The molecule has 140 valence electrons. The molecule has 7 nitrogen and oxygen atoms in total. The smallest absolute Gasteiger partial charge is 0.437 e. The Hall–Kier alpha value is -3.35. The monoisotopic (exact) mass is 367 g/mol. The molecule has 0 fully saturated rings. The van der Waals surface area contributed by atoms with Gasteiger partial charge in [-0.3, -0.25) is 4.79 Å². The summed E-state index contributed by atoms with van der Waals surface area (Å²) in [7, 11) is 3.29. The van der Waals surface area contributed by atoms with Crippen LogP contribution in [0.15, 0.2) is 63.8 Å². The quantitative estimate of drug-likeness (QED) is 0.639. The van der Waals surface area contributed by atoms with E-state index < -0.39 is 5.76 Å². The van der Waals surface area contributed by atoms with Gasteiger partial charge in [-0.25, -0.2) is 4.79 Å². The Morgan fingerprint density at radius 2 is 1.81 bits per heavy atom. The van der Waals surface area contributed by atoms with Crippen LogP contribution in [0.2, 0.25) is 0 Å². The number of hydrogen-bond acceptors (Lipinski definition) is 5. The molecule has 1 amide bonds. The molecule has 3 aromatic rings. The first kappa shape index (κ1) is 18.4. The number of hydrogen-bond donors (Lipinski definition) is 0. The lowest BCUT2D eigenvalue weighted by atomic mass is 10.2. The summed E-state index contributed by atoms with van der Waals surface area (Å²) in [6.45, 7) is 0.260. The lowest BCUT2D eigenvalue weighted by molar-refractivity contribution is -0.131. The summed E-state index contributed by atoms with van der Waals surface area (Å²) in [5.74, 6) is 0.184. The molecule has 27 heavy (non-hydrogen) atoms. The second-order valence-electron chi connectivity index (χ2n) is 6.18. The van der Waals surface area contributed by atoms with E-state index >= 15 is 0 Å². The molecule has 0 spiro atoms. The van der Waals surface area contributed by atoms with Gasteiger partial charge in [-0.2, -0.15) is 4.68 Å². The van der Waals surface area contributed by atoms with Gasteiger partial charge in [0.05, 0.1) is 13.5 Å². The van der Waals surface area contributed by atoms with Crippen LogP contribution in [-0.4, -0.2) is 34.7 Å². The molecule has 3 rings (SSSR count). The van der Waals surface area contributed by atoms with Gasteiger partial charge in [-0.05, 0) is 23.3 Å². The molecule has 0 radical (unpaired) electrons. The molecule has 1 aromatic heterocycles. The molecule has 7 heteroatoms. The number of ether oxygens (including phenoxy) is 1. The van der Waals surface area contributed by atoms with E-state index in [1.54, 1.807) is 19.1 Å². The van der Waals surface area contributed by atoms with E-state index in [9.17, 15) is 9.59 Å². The van der Waals surface area contributed by atoms with Crippen LogP contribution in [0.1, 0.15) is 17.0 Å². The Morgan fingerprint density at radius 1 is 1.11 bits per heavy atom. The molecule has 0 bridgehead atoms. The van der Waals surface area contributed by atoms with Crippen molar-refractivity contribution in [3.8, 4) is 5.75 Å². The molecule has 0 saturated heterocycles. The minimum absolute atomic E-state index is 0.163. The number of benzene rings is 2. The van der Waals surface area contributed by atoms with Gasteiger partial charge < -0.3 is 14.1 Å². The third-order valence-electron chi connectivity index (χ3n) is 4.14. The lowest BCUT2D eigenvalue weighted by Gasteiger charge is -2.17. The van der Waals surface area contributed by atoms with Crippen molar-refractivity contribution in [2.45, 2.75) is 19.5 Å². The number of carbonyl (C=O) groups excluding carboxylic acids is 1. The van der Waals surface area contributed by atoms with Crippen molar-refractivity contribution in [2.24, 2.45) is 0 Å². The highest BCUT2D eigenvalue weighted by molar-refractivity contribution is 5.75. The first-order valence-electron chi connectivity index (χ1n) is 8.53. The summed E-state index contributed by atoms with van der Waals surface area (Å²) >= 11 is 0. The second-order valence-corrected chi connectivity index (χ2v) is 6.18. The summed E-state index contributed by atoms with van der Waals surface area (Å²) in [4.78, 5) is 25.9. The standard InChI is InChI=1S/C20H21N3O4/c1-22(13-16-8-10-17(26-2)11-9-16)19(24)14-23-20(25)27-18(21-23)12-15-6-4-3-5-7-15/h3-11H,12-14H2,1-2H3. The van der Waals surface area contributed by atoms with Gasteiger partial charge in [0, 0.05) is 13.6 Å². The molecule has 2 aromatic carbocycles. The number of methoxy groups -OCH3 is 1. The highest BCUT2D eigenvalue weighted by Gasteiger charge is 2.15. The zero-order valence-corrected chi connectivity index (χ0v) is 15.3. The van der Waals surface area contributed by atoms with E-state index in [0.717, 1.165) is 21.6 Å². The molecule has 0 N–H and O–H groups in total. The zero-order valence-electron chi connectivity index (χ0n) is 15.3. The van der Waals surface area contributed by atoms with Gasteiger partial charge in [0.15, 0.2) is 0 Å². The first-order valence-corrected chi connectivity index (χ1v) is 8.53. The normalized spacial score (nSPS) is 10.6. The Bertz CT molecular complexity index is 945. The molecule has 0 saturated carbocycles. The minimum atomic E-state index is -0.632. The Kier molecular flexibility index (Phi) is 5.71. The van der Waals surface area contributed by atoms with Crippen LogP contribution in [0.5, 0.6) is 5.75 Å². The van der Waals surface area contributed by atoms with Crippen molar-refractivity contribution in [1.29, 1.82) is 0 Å². The fraction of sp³-hybridized carbons (Fsp3) is 0.250. The summed E-state index contributed by atoms with van der Waals surface area (Å²) in [5, 5.41) is 4.13. The number of carbonyl (C=O) groups is 1. The predicted octanol–water partition coefficient (Wildman–Crippen LogP) is 2.09. The molecule has 0 unspecified atom stereocenters. The minimum Gasteiger partial charge on any atom is -0.497 e. The summed E-state index contributed by atoms with van der Waals surface area (Å²) in [6, 6.07) is 17.0. The summed E-state index contributed by atoms with van der Waals surface area (Å²) in [5.41, 5.74) is 1.94. The van der Waals surface area contributed by atoms with Crippen molar-refractivity contribution < 1.29 is 13.9 Å². The molecule has 0 aliphatic rings. The van der Waals surface area contributed by atoms with Crippen molar-refractivity contribution in [3.63, 3.8) is 0 Å². The molecular weight excluding hydrogens is 346 g/mol. The number of likely N-dealkylation sites (N-methyl/N-ethyl adjacent to an activating group) is 1. The first-order chi connectivity index (χ1) is 13.0. The average Bonchev–Trinajstić information content (AvgIpc) is 3.02. The van der Waals surface area contributed by atoms with Gasteiger partial charge in [0.1, 0.15) is 12.3 Å². The largest absolute Gasteiger partial charge is 0.497 e. The van der Waals surface area contributed by atoms with Gasteiger partial charge in [0.2, 0.25) is 11.8 Å². The molecular formula is C20H21N3O4. The van der Waals surface area contributed by atoms with Gasteiger partial charge >= 0.3 is 5.76 Å². The third-order valence-corrected chi connectivity index (χ3v) is 4.14. The molecule has 0 atom stereocenters. The van der Waals surface area contributed by atoms with Crippen LogP contribution < -0.4 is 10.5 Å². The highest BCUT2D eigenvalue weighted by Crippen LogP contribution is 2.12. The van der Waals surface area contributed by atoms with Crippen LogP contribution in [0.3, 0.4) is 0 Å². The van der Waals surface area contributed by atoms with E-state index in [1.165, 1.54) is 0 Å². The topological polar surface area (TPSA) is 77.6 Å². The van der Waals surface area contributed by atoms with Crippen molar-refractivity contribution >= 4 is 5.91 Å². The fourth-order valence-electron chi connectivity index (χ4n) is 2.63. The van der Waals surface area contributed by atoms with Crippen molar-refractivity contribution in [2.75, 3.05) is 14.2 Å². The predicted molar refractivity (Wildman–Crippen MR) is 99.5 cm³/mol. The van der Waals surface area contributed by atoms with Crippen molar-refractivity contribution in [3.05, 3.63) is 82.2 Å². The van der Waals surface area contributed by atoms with Crippen LogP contribution in [0.25, 0.3) is 0 Å². The Balaban J connectivity index is 1.62. The SMILES string of the molecule is COc1ccc(CN(C)C(=O)Cn2nc(Cc3ccccc3)oc2=O)cc1.